The van der Waals surface area contributed by atoms with Crippen LogP contribution in [0.5, 0.6) is 0 Å². The van der Waals surface area contributed by atoms with Crippen molar-refractivity contribution in [1.29, 1.82) is 0 Å². The van der Waals surface area contributed by atoms with Crippen molar-refractivity contribution in [1.82, 2.24) is 0 Å². The Hall–Kier alpha value is -3.52. The van der Waals surface area contributed by atoms with Crippen LogP contribution in [0.4, 0.5) is 11.4 Å². The van der Waals surface area contributed by atoms with Gasteiger partial charge in [-0.1, -0.05) is 60.4 Å². The van der Waals surface area contributed by atoms with Crippen LogP contribution in [0.25, 0.3) is 33.1 Å². The number of para-hydroxylation sites is 1. The third-order valence-electron chi connectivity index (χ3n) is 3.51. The molecule has 2 heteroatoms. The minimum atomic E-state index is -0.769. The molecule has 0 amide bonds. The van der Waals surface area contributed by atoms with Gasteiger partial charge in [0.25, 0.3) is 0 Å². The molecule has 0 aliphatic heterocycles. The highest BCUT2D eigenvalue weighted by Gasteiger charge is 2.07. The molecule has 0 aliphatic rings. The predicted molar refractivity (Wildman–Crippen MR) is 109 cm³/mol. The van der Waals surface area contributed by atoms with Gasteiger partial charge in [-0.3, -0.25) is 0 Å². The van der Waals surface area contributed by atoms with Crippen LogP contribution in [0.3, 0.4) is 0 Å². The maximum absolute atomic E-state index is 8.65. The summed E-state index contributed by atoms with van der Waals surface area (Å²) in [5.74, 6) is 0. The zero-order valence-electron chi connectivity index (χ0n) is 28.9. The first-order valence-electron chi connectivity index (χ1n) is 15.4. The number of nitrogens with one attached hydrogen (secondary N) is 1. The number of benzene rings is 4. The van der Waals surface area contributed by atoms with Gasteiger partial charge in [-0.15, -0.1) is 0 Å². The van der Waals surface area contributed by atoms with Crippen molar-refractivity contribution < 1.29 is 26.3 Å². The number of fused-ring (bicyclic) bond motifs is 3. The molecule has 0 saturated carbocycles. The second kappa shape index (κ2) is 6.08. The smallest absolute Gasteiger partial charge is 0.137 e. The van der Waals surface area contributed by atoms with Crippen LogP contribution in [0, 0.1) is 0 Å². The van der Waals surface area contributed by atoms with Crippen LogP contribution < -0.4 is 5.32 Å². The quantitative estimate of drug-likeness (QED) is 0.379. The Morgan fingerprint density at radius 3 is 2.08 bits per heavy atom. The van der Waals surface area contributed by atoms with E-state index in [4.69, 9.17) is 26.3 Å². The van der Waals surface area contributed by atoms with Gasteiger partial charge in [-0.2, -0.15) is 0 Å². The number of anilines is 2. The van der Waals surface area contributed by atoms with Gasteiger partial charge in [0.2, 0.25) is 0 Å². The molecule has 4 aromatic carbocycles. The van der Waals surface area contributed by atoms with Crippen molar-refractivity contribution in [3.05, 3.63) is 96.7 Å². The van der Waals surface area contributed by atoms with E-state index in [0.29, 0.717) is 0 Å². The maximum Gasteiger partial charge on any atom is 0.137 e. The van der Waals surface area contributed by atoms with Crippen LogP contribution in [0.15, 0.2) is 101 Å². The molecule has 0 atom stereocenters. The van der Waals surface area contributed by atoms with Gasteiger partial charge in [0.1, 0.15) is 11.2 Å². The molecule has 0 saturated heterocycles. The molecular formula is C24H17NO. The van der Waals surface area contributed by atoms with E-state index >= 15 is 0 Å². The second-order valence-electron chi connectivity index (χ2n) is 5.14. The van der Waals surface area contributed by atoms with Crippen LogP contribution >= 0.6 is 0 Å². The monoisotopic (exact) mass is 351 g/mol. The summed E-state index contributed by atoms with van der Waals surface area (Å²) in [6.45, 7) is 0. The zero-order chi connectivity index (χ0) is 31.3. The number of rotatable bonds is 3. The van der Waals surface area contributed by atoms with Crippen molar-refractivity contribution in [2.75, 3.05) is 5.32 Å². The summed E-state index contributed by atoms with van der Waals surface area (Å²) in [6.07, 6.45) is 0. The van der Waals surface area contributed by atoms with Gasteiger partial charge in [0.15, 0.2) is 0 Å². The molecule has 2 nitrogen and oxygen atoms in total. The topological polar surface area (TPSA) is 25.2 Å². The molecule has 0 aliphatic carbocycles. The number of hydrogen-bond acceptors (Lipinski definition) is 2. The Balaban J connectivity index is 1.77. The van der Waals surface area contributed by atoms with E-state index in [1.807, 2.05) is 0 Å². The fraction of sp³-hybridized carbons (Fsp3) is 0. The number of furan rings is 1. The Labute approximate surface area is 174 Å². The van der Waals surface area contributed by atoms with Gasteiger partial charge in [-0.25, -0.2) is 0 Å². The lowest BCUT2D eigenvalue weighted by Gasteiger charge is -2.08. The van der Waals surface area contributed by atoms with Gasteiger partial charge >= 0.3 is 0 Å². The van der Waals surface area contributed by atoms with E-state index in [1.54, 1.807) is 0 Å². The summed E-state index contributed by atoms with van der Waals surface area (Å²) in [4.78, 5) is 0. The maximum atomic E-state index is 8.65. The fourth-order valence-corrected chi connectivity index (χ4v) is 2.36. The van der Waals surface area contributed by atoms with Crippen LogP contribution in [0.1, 0.15) is 21.9 Å². The minimum absolute atomic E-state index is 0.193. The normalized spacial score (nSPS) is 19.7. The van der Waals surface area contributed by atoms with Gasteiger partial charge in [0.05, 0.1) is 21.9 Å². The summed E-state index contributed by atoms with van der Waals surface area (Å²) in [5.41, 5.74) is -2.81. The van der Waals surface area contributed by atoms with E-state index in [0.717, 1.165) is 0 Å². The molecule has 26 heavy (non-hydrogen) atoms. The van der Waals surface area contributed by atoms with Crippen molar-refractivity contribution in [3.63, 3.8) is 0 Å². The third kappa shape index (κ3) is 2.62. The summed E-state index contributed by atoms with van der Waals surface area (Å²) < 4.78 is 138. The lowest BCUT2D eigenvalue weighted by Crippen LogP contribution is -1.89. The Morgan fingerprint density at radius 2 is 1.23 bits per heavy atom. The standard InChI is InChI=1S/C24H17NO/c1-2-6-17(7-3-1)18-10-12-19(13-11-18)25-20-14-15-22-21-8-4-5-9-23(21)26-24(22)16-20/h1-16,25H/i1D,2D,3D,4D,5D,6D,7D,8D,9D,10D,11D,12D,13D,14D,15D,16D. The van der Waals surface area contributed by atoms with Gasteiger partial charge < -0.3 is 9.73 Å². The Morgan fingerprint density at radius 1 is 0.577 bits per heavy atom. The molecule has 1 heterocycles. The van der Waals surface area contributed by atoms with Crippen LogP contribution in [0.2, 0.25) is 0 Å². The average molecular weight is 352 g/mol. The van der Waals surface area contributed by atoms with E-state index in [9.17, 15) is 0 Å². The third-order valence-corrected chi connectivity index (χ3v) is 3.51. The predicted octanol–water partition coefficient (Wildman–Crippen LogP) is 7.00. The molecule has 0 spiro atoms. The van der Waals surface area contributed by atoms with Crippen LogP contribution in [-0.2, 0) is 0 Å². The zero-order valence-corrected chi connectivity index (χ0v) is 12.9. The molecule has 0 unspecified atom stereocenters. The lowest BCUT2D eigenvalue weighted by atomic mass is 10.1. The van der Waals surface area contributed by atoms with Gasteiger partial charge in [0, 0.05) is 28.2 Å². The van der Waals surface area contributed by atoms with Crippen LogP contribution in [-0.4, -0.2) is 0 Å². The van der Waals surface area contributed by atoms with E-state index < -0.39 is 119 Å². The molecular weight excluding hydrogens is 318 g/mol. The highest BCUT2D eigenvalue weighted by molar-refractivity contribution is 6.05. The summed E-state index contributed by atoms with van der Waals surface area (Å²) in [7, 11) is 0. The minimum Gasteiger partial charge on any atom is -0.456 e. The SMILES string of the molecule is [2H]c1c([2H])c([2H])c(-c2c([2H])c([2H])c(Nc3c([2H])c([2H])c4c(oc5c([2H])c([2H])c([2H])c([2H])c54)c3[2H])c([2H])c2[2H])c([2H])c1[2H]. The fourth-order valence-electron chi connectivity index (χ4n) is 2.36. The molecule has 5 aromatic rings. The largest absolute Gasteiger partial charge is 0.456 e. The molecule has 0 fully saturated rings. The lowest BCUT2D eigenvalue weighted by molar-refractivity contribution is 0.669. The molecule has 1 aromatic heterocycles. The molecule has 0 radical (unpaired) electrons. The molecule has 1 N–H and O–H groups in total. The molecule has 124 valence electrons. The van der Waals surface area contributed by atoms with Crippen molar-refractivity contribution in [3.8, 4) is 11.1 Å². The first-order chi connectivity index (χ1) is 19.5. The Bertz CT molecular complexity index is 1970. The summed E-state index contributed by atoms with van der Waals surface area (Å²) in [5, 5.41) is 2.09. The van der Waals surface area contributed by atoms with Crippen molar-refractivity contribution in [2.24, 2.45) is 0 Å². The summed E-state index contributed by atoms with van der Waals surface area (Å²) in [6, 6.07) is -10.8. The first kappa shape index (κ1) is 5.75. The van der Waals surface area contributed by atoms with E-state index in [2.05, 4.69) is 5.32 Å². The van der Waals surface area contributed by atoms with Crippen molar-refractivity contribution >= 4 is 33.3 Å². The molecule has 0 bridgehead atoms. The Kier molecular flexibility index (Phi) is 1.35. The summed E-state index contributed by atoms with van der Waals surface area (Å²) >= 11 is 0. The van der Waals surface area contributed by atoms with Gasteiger partial charge in [-0.05, 0) is 41.3 Å². The highest BCUT2D eigenvalue weighted by atomic mass is 16.3. The van der Waals surface area contributed by atoms with E-state index in [1.165, 1.54) is 0 Å². The molecule has 5 rings (SSSR count). The van der Waals surface area contributed by atoms with Crippen molar-refractivity contribution in [2.45, 2.75) is 0 Å². The first-order valence-corrected chi connectivity index (χ1v) is 7.41. The highest BCUT2D eigenvalue weighted by Crippen LogP contribution is 2.31. The average Bonchev–Trinajstić information content (AvgIpc) is 3.37. The number of hydrogen-bond donors (Lipinski definition) is 1. The second-order valence-corrected chi connectivity index (χ2v) is 5.14. The van der Waals surface area contributed by atoms with E-state index in [-0.39, 0.29) is 21.9 Å².